The third-order valence-corrected chi connectivity index (χ3v) is 5.01. The maximum atomic E-state index is 12.9. The van der Waals surface area contributed by atoms with Gasteiger partial charge >= 0.3 is 5.97 Å². The van der Waals surface area contributed by atoms with E-state index < -0.39 is 5.97 Å². The SMILES string of the molecule is COC(=O)c1ccc(N(CCC(=O)N2c3ccccc3CC2C)C(C)=O)cc1. The van der Waals surface area contributed by atoms with Gasteiger partial charge in [-0.05, 0) is 49.2 Å². The van der Waals surface area contributed by atoms with Gasteiger partial charge in [0.05, 0.1) is 12.7 Å². The average molecular weight is 380 g/mol. The van der Waals surface area contributed by atoms with Crippen LogP contribution in [0.15, 0.2) is 48.5 Å². The van der Waals surface area contributed by atoms with Crippen LogP contribution in [0.5, 0.6) is 0 Å². The number of methoxy groups -OCH3 is 1. The van der Waals surface area contributed by atoms with Crippen LogP contribution in [0.2, 0.25) is 0 Å². The van der Waals surface area contributed by atoms with Crippen LogP contribution in [0.4, 0.5) is 11.4 Å². The molecule has 1 aliphatic rings. The standard InChI is InChI=1S/C22H24N2O4/c1-15-14-18-6-4-5-7-20(18)24(15)21(26)12-13-23(16(2)25)19-10-8-17(9-11-19)22(27)28-3/h4-11,15H,12-14H2,1-3H3. The van der Waals surface area contributed by atoms with Crippen molar-refractivity contribution < 1.29 is 19.1 Å². The second-order valence-electron chi connectivity index (χ2n) is 6.90. The quantitative estimate of drug-likeness (QED) is 0.747. The Morgan fingerprint density at radius 1 is 1.11 bits per heavy atom. The number of amides is 2. The zero-order valence-corrected chi connectivity index (χ0v) is 16.3. The molecule has 1 unspecified atom stereocenters. The first-order chi connectivity index (χ1) is 13.4. The minimum absolute atomic E-state index is 0.00474. The van der Waals surface area contributed by atoms with Crippen LogP contribution in [0, 0.1) is 0 Å². The van der Waals surface area contributed by atoms with Crippen molar-refractivity contribution in [1.82, 2.24) is 0 Å². The first kappa shape index (κ1) is 19.6. The molecule has 0 bridgehead atoms. The van der Waals surface area contributed by atoms with Crippen molar-refractivity contribution in [2.75, 3.05) is 23.5 Å². The molecule has 2 aromatic rings. The highest BCUT2D eigenvalue weighted by Crippen LogP contribution is 2.32. The fraction of sp³-hybridized carbons (Fsp3) is 0.318. The van der Waals surface area contributed by atoms with Crippen molar-refractivity contribution >= 4 is 29.2 Å². The molecule has 0 saturated carbocycles. The predicted molar refractivity (Wildman–Crippen MR) is 108 cm³/mol. The normalized spacial score (nSPS) is 15.1. The van der Waals surface area contributed by atoms with Gasteiger partial charge in [-0.1, -0.05) is 18.2 Å². The number of ether oxygens (including phenoxy) is 1. The van der Waals surface area contributed by atoms with E-state index in [1.807, 2.05) is 36.1 Å². The highest BCUT2D eigenvalue weighted by atomic mass is 16.5. The molecular weight excluding hydrogens is 356 g/mol. The summed E-state index contributed by atoms with van der Waals surface area (Å²) in [6, 6.07) is 14.6. The molecule has 0 fully saturated rings. The summed E-state index contributed by atoms with van der Waals surface area (Å²) in [5.41, 5.74) is 3.18. The topological polar surface area (TPSA) is 66.9 Å². The van der Waals surface area contributed by atoms with E-state index in [1.165, 1.54) is 19.6 Å². The highest BCUT2D eigenvalue weighted by molar-refractivity contribution is 5.98. The van der Waals surface area contributed by atoms with Crippen LogP contribution < -0.4 is 9.80 Å². The molecule has 3 rings (SSSR count). The fourth-order valence-electron chi connectivity index (χ4n) is 3.64. The van der Waals surface area contributed by atoms with E-state index >= 15 is 0 Å². The Balaban J connectivity index is 1.71. The summed E-state index contributed by atoms with van der Waals surface area (Å²) < 4.78 is 4.69. The van der Waals surface area contributed by atoms with Crippen LogP contribution in [0.1, 0.15) is 36.2 Å². The van der Waals surface area contributed by atoms with E-state index in [0.717, 1.165) is 12.1 Å². The number of nitrogens with zero attached hydrogens (tertiary/aromatic N) is 2. The lowest BCUT2D eigenvalue weighted by molar-refractivity contribution is -0.119. The molecule has 28 heavy (non-hydrogen) atoms. The number of anilines is 2. The van der Waals surface area contributed by atoms with Crippen LogP contribution in [0.3, 0.4) is 0 Å². The van der Waals surface area contributed by atoms with Crippen molar-refractivity contribution in [3.8, 4) is 0 Å². The van der Waals surface area contributed by atoms with Crippen LogP contribution in [-0.4, -0.2) is 37.5 Å². The van der Waals surface area contributed by atoms with Crippen LogP contribution in [-0.2, 0) is 20.7 Å². The first-order valence-corrected chi connectivity index (χ1v) is 9.29. The lowest BCUT2D eigenvalue weighted by atomic mass is 10.1. The number of carbonyl (C=O) groups is 3. The summed E-state index contributed by atoms with van der Waals surface area (Å²) in [6.45, 7) is 3.77. The Labute approximate surface area is 164 Å². The smallest absolute Gasteiger partial charge is 0.337 e. The lowest BCUT2D eigenvalue weighted by Crippen LogP contribution is -2.39. The number of fused-ring (bicyclic) bond motifs is 1. The molecule has 0 N–H and O–H groups in total. The molecular formula is C22H24N2O4. The van der Waals surface area contributed by atoms with Crippen molar-refractivity contribution in [3.05, 3.63) is 59.7 Å². The summed E-state index contributed by atoms with van der Waals surface area (Å²) in [7, 11) is 1.32. The first-order valence-electron chi connectivity index (χ1n) is 9.29. The van der Waals surface area contributed by atoms with E-state index in [-0.39, 0.29) is 30.8 Å². The Morgan fingerprint density at radius 2 is 1.79 bits per heavy atom. The molecule has 1 heterocycles. The van der Waals surface area contributed by atoms with Gasteiger partial charge in [-0.2, -0.15) is 0 Å². The van der Waals surface area contributed by atoms with E-state index in [9.17, 15) is 14.4 Å². The second kappa shape index (κ2) is 8.25. The van der Waals surface area contributed by atoms with Crippen molar-refractivity contribution in [2.45, 2.75) is 32.7 Å². The number of hydrogen-bond acceptors (Lipinski definition) is 4. The second-order valence-corrected chi connectivity index (χ2v) is 6.90. The van der Waals surface area contributed by atoms with Gasteiger partial charge in [0, 0.05) is 37.3 Å². The molecule has 1 aliphatic heterocycles. The largest absolute Gasteiger partial charge is 0.465 e. The molecule has 0 aromatic heterocycles. The van der Waals surface area contributed by atoms with E-state index in [2.05, 4.69) is 4.74 Å². The molecule has 0 radical (unpaired) electrons. The summed E-state index contributed by atoms with van der Waals surface area (Å²) in [5.74, 6) is -0.596. The van der Waals surface area contributed by atoms with Gasteiger partial charge in [-0.25, -0.2) is 4.79 Å². The monoisotopic (exact) mass is 380 g/mol. The van der Waals surface area contributed by atoms with E-state index in [0.29, 0.717) is 11.3 Å². The summed E-state index contributed by atoms with van der Waals surface area (Å²) in [4.78, 5) is 40.0. The van der Waals surface area contributed by atoms with Crippen molar-refractivity contribution in [2.24, 2.45) is 0 Å². The Bertz CT molecular complexity index is 892. The van der Waals surface area contributed by atoms with Gasteiger partial charge in [0.15, 0.2) is 0 Å². The number of hydrogen-bond donors (Lipinski definition) is 0. The summed E-state index contributed by atoms with van der Waals surface area (Å²) >= 11 is 0. The number of rotatable bonds is 5. The van der Waals surface area contributed by atoms with Crippen molar-refractivity contribution in [1.29, 1.82) is 0 Å². The van der Waals surface area contributed by atoms with Gasteiger partial charge in [-0.3, -0.25) is 9.59 Å². The molecule has 146 valence electrons. The summed E-state index contributed by atoms with van der Waals surface area (Å²) in [5, 5.41) is 0. The van der Waals surface area contributed by atoms with Gasteiger partial charge in [-0.15, -0.1) is 0 Å². The molecule has 0 aliphatic carbocycles. The van der Waals surface area contributed by atoms with Crippen LogP contribution in [0.25, 0.3) is 0 Å². The molecule has 2 amide bonds. The average Bonchev–Trinajstić information content (AvgIpc) is 3.03. The third-order valence-electron chi connectivity index (χ3n) is 5.01. The number of carbonyl (C=O) groups excluding carboxylic acids is 3. The number of benzene rings is 2. The van der Waals surface area contributed by atoms with E-state index in [4.69, 9.17) is 0 Å². The number of esters is 1. The predicted octanol–water partition coefficient (Wildman–Crippen LogP) is 3.19. The molecule has 0 spiro atoms. The van der Waals surface area contributed by atoms with Gasteiger partial charge in [0.2, 0.25) is 11.8 Å². The molecule has 0 saturated heterocycles. The Hall–Kier alpha value is -3.15. The minimum atomic E-state index is -0.433. The Morgan fingerprint density at radius 3 is 2.43 bits per heavy atom. The number of para-hydroxylation sites is 1. The molecule has 6 heteroatoms. The van der Waals surface area contributed by atoms with Gasteiger partial charge < -0.3 is 14.5 Å². The Kier molecular flexibility index (Phi) is 5.78. The van der Waals surface area contributed by atoms with Gasteiger partial charge in [0.1, 0.15) is 0 Å². The van der Waals surface area contributed by atoms with Crippen LogP contribution >= 0.6 is 0 Å². The fourth-order valence-corrected chi connectivity index (χ4v) is 3.64. The zero-order valence-electron chi connectivity index (χ0n) is 16.3. The van der Waals surface area contributed by atoms with E-state index in [1.54, 1.807) is 29.2 Å². The maximum absolute atomic E-state index is 12.9. The van der Waals surface area contributed by atoms with Crippen molar-refractivity contribution in [3.63, 3.8) is 0 Å². The molecule has 1 atom stereocenters. The van der Waals surface area contributed by atoms with Gasteiger partial charge in [0.25, 0.3) is 0 Å². The minimum Gasteiger partial charge on any atom is -0.465 e. The zero-order chi connectivity index (χ0) is 20.3. The maximum Gasteiger partial charge on any atom is 0.337 e. The lowest BCUT2D eigenvalue weighted by Gasteiger charge is -2.26. The highest BCUT2D eigenvalue weighted by Gasteiger charge is 2.30. The summed E-state index contributed by atoms with van der Waals surface area (Å²) in [6.07, 6.45) is 1.06. The third kappa shape index (κ3) is 3.91. The molecule has 2 aromatic carbocycles. The molecule has 6 nitrogen and oxygen atoms in total.